The summed E-state index contributed by atoms with van der Waals surface area (Å²) in [5.74, 6) is 0.754. The van der Waals surface area contributed by atoms with Crippen LogP contribution in [-0.4, -0.2) is 16.1 Å². The van der Waals surface area contributed by atoms with Gasteiger partial charge in [-0.1, -0.05) is 25.7 Å². The van der Waals surface area contributed by atoms with Crippen LogP contribution in [0, 0.1) is 12.8 Å². The van der Waals surface area contributed by atoms with E-state index in [1.165, 1.54) is 25.7 Å². The molecule has 0 spiro atoms. The van der Waals surface area contributed by atoms with Crippen LogP contribution in [0.15, 0.2) is 4.42 Å². The van der Waals surface area contributed by atoms with Crippen molar-refractivity contribution in [1.82, 2.24) is 4.98 Å². The number of rotatable bonds is 4. The van der Waals surface area contributed by atoms with Crippen molar-refractivity contribution in [2.24, 2.45) is 5.92 Å². The van der Waals surface area contributed by atoms with Gasteiger partial charge in [-0.15, -0.1) is 0 Å². The fraction of sp³-hybridized carbons (Fsp3) is 0.667. The van der Waals surface area contributed by atoms with Crippen LogP contribution in [0.5, 0.6) is 0 Å². The zero-order valence-electron chi connectivity index (χ0n) is 9.53. The minimum atomic E-state index is -1.01. The van der Waals surface area contributed by atoms with Crippen LogP contribution in [0.1, 0.15) is 54.2 Å². The van der Waals surface area contributed by atoms with Crippen LogP contribution in [0.3, 0.4) is 0 Å². The van der Waals surface area contributed by atoms with Crippen LogP contribution >= 0.6 is 0 Å². The van der Waals surface area contributed by atoms with Crippen molar-refractivity contribution in [2.75, 3.05) is 0 Å². The van der Waals surface area contributed by atoms with Crippen LogP contribution in [-0.2, 0) is 6.42 Å². The molecule has 1 N–H and O–H groups in total. The SMILES string of the molecule is Cc1oc(CCC2CCCC2)nc1C(=O)O. The fourth-order valence-electron chi connectivity index (χ4n) is 2.38. The zero-order chi connectivity index (χ0) is 11.5. The first-order valence-corrected chi connectivity index (χ1v) is 5.86. The third kappa shape index (κ3) is 2.43. The van der Waals surface area contributed by atoms with Gasteiger partial charge in [0.25, 0.3) is 0 Å². The first-order valence-electron chi connectivity index (χ1n) is 5.86. The predicted octanol–water partition coefficient (Wildman–Crippen LogP) is 2.80. The number of nitrogens with zero attached hydrogens (tertiary/aromatic N) is 1. The summed E-state index contributed by atoms with van der Waals surface area (Å²) in [5.41, 5.74) is 0.0569. The molecule has 1 aliphatic carbocycles. The van der Waals surface area contributed by atoms with Crippen LogP contribution < -0.4 is 0 Å². The van der Waals surface area contributed by atoms with Gasteiger partial charge in [0.15, 0.2) is 11.6 Å². The molecule has 1 saturated carbocycles. The van der Waals surface area contributed by atoms with Crippen molar-refractivity contribution in [2.45, 2.75) is 45.4 Å². The van der Waals surface area contributed by atoms with Gasteiger partial charge in [0.1, 0.15) is 5.76 Å². The Morgan fingerprint density at radius 3 is 2.75 bits per heavy atom. The summed E-state index contributed by atoms with van der Waals surface area (Å²) in [5, 5.41) is 8.84. The number of hydrogen-bond acceptors (Lipinski definition) is 3. The smallest absolute Gasteiger partial charge is 0.358 e. The summed E-state index contributed by atoms with van der Waals surface area (Å²) in [6, 6.07) is 0. The molecule has 1 aromatic rings. The lowest BCUT2D eigenvalue weighted by atomic mass is 10.0. The fourth-order valence-corrected chi connectivity index (χ4v) is 2.38. The number of aryl methyl sites for hydroxylation is 2. The van der Waals surface area contributed by atoms with Crippen molar-refractivity contribution >= 4 is 5.97 Å². The highest BCUT2D eigenvalue weighted by Crippen LogP contribution is 2.28. The summed E-state index contributed by atoms with van der Waals surface area (Å²) >= 11 is 0. The monoisotopic (exact) mass is 223 g/mol. The number of carboxylic acids is 1. The van der Waals surface area contributed by atoms with Gasteiger partial charge in [-0.05, 0) is 19.3 Å². The lowest BCUT2D eigenvalue weighted by molar-refractivity contribution is 0.0689. The van der Waals surface area contributed by atoms with E-state index in [2.05, 4.69) is 4.98 Å². The molecular weight excluding hydrogens is 206 g/mol. The maximum Gasteiger partial charge on any atom is 0.358 e. The molecule has 1 aromatic heterocycles. The van der Waals surface area contributed by atoms with Gasteiger partial charge in [-0.3, -0.25) is 0 Å². The summed E-state index contributed by atoms with van der Waals surface area (Å²) in [4.78, 5) is 14.8. The summed E-state index contributed by atoms with van der Waals surface area (Å²) in [6.07, 6.45) is 7.08. The highest BCUT2D eigenvalue weighted by atomic mass is 16.4. The lowest BCUT2D eigenvalue weighted by Gasteiger charge is -2.05. The highest BCUT2D eigenvalue weighted by molar-refractivity contribution is 5.86. The topological polar surface area (TPSA) is 63.3 Å². The number of carbonyl (C=O) groups is 1. The molecule has 88 valence electrons. The third-order valence-electron chi connectivity index (χ3n) is 3.28. The summed E-state index contributed by atoms with van der Waals surface area (Å²) in [7, 11) is 0. The van der Waals surface area contributed by atoms with Gasteiger partial charge in [0.05, 0.1) is 0 Å². The molecule has 4 heteroatoms. The minimum absolute atomic E-state index is 0.0569. The molecule has 0 atom stereocenters. The average Bonchev–Trinajstić information content (AvgIpc) is 2.83. The van der Waals surface area contributed by atoms with Crippen molar-refractivity contribution in [3.8, 4) is 0 Å². The first kappa shape index (κ1) is 11.2. The number of carboxylic acid groups (broad SMARTS) is 1. The van der Waals surface area contributed by atoms with E-state index in [1.807, 2.05) is 0 Å². The maximum absolute atomic E-state index is 10.8. The number of hydrogen-bond donors (Lipinski definition) is 1. The van der Waals surface area contributed by atoms with E-state index >= 15 is 0 Å². The molecular formula is C12H17NO3. The van der Waals surface area contributed by atoms with Gasteiger partial charge in [0.2, 0.25) is 0 Å². The van der Waals surface area contributed by atoms with Crippen molar-refractivity contribution in [3.05, 3.63) is 17.3 Å². The second kappa shape index (κ2) is 4.68. The maximum atomic E-state index is 10.8. The van der Waals surface area contributed by atoms with Crippen molar-refractivity contribution in [1.29, 1.82) is 0 Å². The minimum Gasteiger partial charge on any atom is -0.476 e. The van der Waals surface area contributed by atoms with E-state index in [4.69, 9.17) is 9.52 Å². The van der Waals surface area contributed by atoms with Gasteiger partial charge in [0, 0.05) is 6.42 Å². The van der Waals surface area contributed by atoms with Crippen LogP contribution in [0.25, 0.3) is 0 Å². The van der Waals surface area contributed by atoms with E-state index < -0.39 is 5.97 Å². The van der Waals surface area contributed by atoms with Crippen molar-refractivity contribution in [3.63, 3.8) is 0 Å². The molecule has 0 aromatic carbocycles. The number of aromatic carboxylic acids is 1. The largest absolute Gasteiger partial charge is 0.476 e. The third-order valence-corrected chi connectivity index (χ3v) is 3.28. The Morgan fingerprint density at radius 1 is 1.50 bits per heavy atom. The van der Waals surface area contributed by atoms with E-state index in [0.717, 1.165) is 18.8 Å². The first-order chi connectivity index (χ1) is 7.66. The molecule has 0 unspecified atom stereocenters. The Kier molecular flexibility index (Phi) is 3.27. The number of aromatic nitrogens is 1. The Labute approximate surface area is 94.7 Å². The van der Waals surface area contributed by atoms with E-state index in [9.17, 15) is 4.79 Å². The molecule has 0 saturated heterocycles. The molecule has 1 fully saturated rings. The van der Waals surface area contributed by atoms with Crippen LogP contribution in [0.4, 0.5) is 0 Å². The van der Waals surface area contributed by atoms with E-state index in [0.29, 0.717) is 11.7 Å². The Bertz CT molecular complexity index is 378. The normalized spacial score (nSPS) is 16.8. The average molecular weight is 223 g/mol. The molecule has 1 heterocycles. The molecule has 0 radical (unpaired) electrons. The van der Waals surface area contributed by atoms with E-state index in [1.54, 1.807) is 6.92 Å². The van der Waals surface area contributed by atoms with E-state index in [-0.39, 0.29) is 5.69 Å². The standard InChI is InChI=1S/C12H17NO3/c1-8-11(12(14)15)13-10(16-8)7-6-9-4-2-3-5-9/h9H,2-7H2,1H3,(H,14,15). The summed E-state index contributed by atoms with van der Waals surface area (Å²) < 4.78 is 5.34. The van der Waals surface area contributed by atoms with Gasteiger partial charge in [-0.25, -0.2) is 9.78 Å². The molecule has 16 heavy (non-hydrogen) atoms. The Hall–Kier alpha value is -1.32. The zero-order valence-corrected chi connectivity index (χ0v) is 9.53. The Balaban J connectivity index is 1.94. The molecule has 2 rings (SSSR count). The van der Waals surface area contributed by atoms with Gasteiger partial charge >= 0.3 is 5.97 Å². The second-order valence-electron chi connectivity index (χ2n) is 4.51. The van der Waals surface area contributed by atoms with Crippen LogP contribution in [0.2, 0.25) is 0 Å². The quantitative estimate of drug-likeness (QED) is 0.852. The van der Waals surface area contributed by atoms with Crippen molar-refractivity contribution < 1.29 is 14.3 Å². The molecule has 1 aliphatic rings. The lowest BCUT2D eigenvalue weighted by Crippen LogP contribution is -2.00. The highest BCUT2D eigenvalue weighted by Gasteiger charge is 2.18. The molecule has 4 nitrogen and oxygen atoms in total. The number of oxazole rings is 1. The summed E-state index contributed by atoms with van der Waals surface area (Å²) in [6.45, 7) is 1.65. The predicted molar refractivity (Wildman–Crippen MR) is 58.5 cm³/mol. The second-order valence-corrected chi connectivity index (χ2v) is 4.51. The molecule has 0 amide bonds. The molecule has 0 aliphatic heterocycles. The van der Waals surface area contributed by atoms with Gasteiger partial charge in [-0.2, -0.15) is 0 Å². The van der Waals surface area contributed by atoms with Gasteiger partial charge < -0.3 is 9.52 Å². The Morgan fingerprint density at radius 2 is 2.19 bits per heavy atom. The molecule has 0 bridgehead atoms.